The van der Waals surface area contributed by atoms with Crippen LogP contribution in [0.5, 0.6) is 0 Å². The molecule has 2 heteroatoms. The van der Waals surface area contributed by atoms with Crippen LogP contribution in [-0.4, -0.2) is 36.6 Å². The van der Waals surface area contributed by atoms with Crippen molar-refractivity contribution in [3.63, 3.8) is 0 Å². The lowest BCUT2D eigenvalue weighted by Crippen LogP contribution is -2.45. The van der Waals surface area contributed by atoms with E-state index in [-0.39, 0.29) is 0 Å². The van der Waals surface area contributed by atoms with E-state index in [0.29, 0.717) is 0 Å². The molecule has 0 amide bonds. The molecule has 1 aliphatic heterocycles. The molecule has 4 atom stereocenters. The largest absolute Gasteiger partial charge is 0.313 e. The van der Waals surface area contributed by atoms with Gasteiger partial charge in [-0.2, -0.15) is 0 Å². The quantitative estimate of drug-likeness (QED) is 0.785. The molecule has 2 nitrogen and oxygen atoms in total. The third-order valence-corrected chi connectivity index (χ3v) is 5.19. The van der Waals surface area contributed by atoms with Gasteiger partial charge in [0.15, 0.2) is 0 Å². The summed E-state index contributed by atoms with van der Waals surface area (Å²) in [7, 11) is 0. The van der Waals surface area contributed by atoms with Crippen LogP contribution in [0.3, 0.4) is 0 Å². The Bertz CT molecular complexity index is 235. The molecule has 3 aliphatic rings. The van der Waals surface area contributed by atoms with Crippen molar-refractivity contribution in [1.29, 1.82) is 0 Å². The highest BCUT2D eigenvalue weighted by Crippen LogP contribution is 2.46. The van der Waals surface area contributed by atoms with Gasteiger partial charge in [-0.15, -0.1) is 0 Å². The van der Waals surface area contributed by atoms with Crippen molar-refractivity contribution >= 4 is 0 Å². The van der Waals surface area contributed by atoms with Gasteiger partial charge in [0, 0.05) is 18.6 Å². The minimum atomic E-state index is 0.791. The molecule has 0 radical (unpaired) electrons. The molecule has 2 saturated carbocycles. The molecule has 1 saturated heterocycles. The normalized spacial score (nSPS) is 42.4. The Labute approximate surface area is 99.8 Å². The monoisotopic (exact) mass is 222 g/mol. The zero-order valence-electron chi connectivity index (χ0n) is 10.6. The molecule has 16 heavy (non-hydrogen) atoms. The molecule has 0 aromatic heterocycles. The summed E-state index contributed by atoms with van der Waals surface area (Å²) in [6, 6.07) is 1.73. The number of hydrogen-bond donors (Lipinski definition) is 1. The fraction of sp³-hybridized carbons (Fsp3) is 1.00. The van der Waals surface area contributed by atoms with Crippen LogP contribution in [0, 0.1) is 11.8 Å². The average Bonchev–Trinajstić information content (AvgIpc) is 3.02. The lowest BCUT2D eigenvalue weighted by molar-refractivity contribution is 0.138. The van der Waals surface area contributed by atoms with E-state index in [1.54, 1.807) is 6.42 Å². The van der Waals surface area contributed by atoms with Gasteiger partial charge >= 0.3 is 0 Å². The lowest BCUT2D eigenvalue weighted by atomic mass is 9.93. The Morgan fingerprint density at radius 3 is 2.69 bits per heavy atom. The highest BCUT2D eigenvalue weighted by Gasteiger charge is 2.42. The Kier molecular flexibility index (Phi) is 3.21. The van der Waals surface area contributed by atoms with E-state index in [9.17, 15) is 0 Å². The Hall–Kier alpha value is -0.0800. The predicted molar refractivity (Wildman–Crippen MR) is 67.5 cm³/mol. The molecule has 0 aromatic carbocycles. The summed E-state index contributed by atoms with van der Waals surface area (Å²) in [5, 5.41) is 3.65. The standard InChI is InChI=1S/C14H26N2/c1-2-16(10-13-4-3-7-15-13)14-9-11-5-6-12(14)8-11/h11-15H,2-10H2,1H3. The summed E-state index contributed by atoms with van der Waals surface area (Å²) in [4.78, 5) is 2.78. The number of rotatable bonds is 4. The van der Waals surface area contributed by atoms with Gasteiger partial charge in [0.05, 0.1) is 0 Å². The van der Waals surface area contributed by atoms with E-state index in [4.69, 9.17) is 0 Å². The summed E-state index contributed by atoms with van der Waals surface area (Å²) in [5.41, 5.74) is 0. The summed E-state index contributed by atoms with van der Waals surface area (Å²) >= 11 is 0. The fourth-order valence-corrected chi connectivity index (χ4v) is 4.35. The van der Waals surface area contributed by atoms with E-state index in [2.05, 4.69) is 17.1 Å². The number of likely N-dealkylation sites (N-methyl/N-ethyl adjacent to an activating group) is 1. The second-order valence-electron chi connectivity index (χ2n) is 6.12. The number of nitrogens with one attached hydrogen (secondary N) is 1. The molecule has 2 aliphatic carbocycles. The van der Waals surface area contributed by atoms with Crippen LogP contribution in [0.4, 0.5) is 0 Å². The number of fused-ring (bicyclic) bond motifs is 2. The third-order valence-electron chi connectivity index (χ3n) is 5.19. The van der Waals surface area contributed by atoms with Gasteiger partial charge in [-0.05, 0) is 57.0 Å². The molecule has 1 heterocycles. The Morgan fingerprint density at radius 1 is 1.19 bits per heavy atom. The van der Waals surface area contributed by atoms with Crippen LogP contribution >= 0.6 is 0 Å². The van der Waals surface area contributed by atoms with Crippen molar-refractivity contribution < 1.29 is 0 Å². The van der Waals surface area contributed by atoms with Crippen LogP contribution in [-0.2, 0) is 0 Å². The maximum atomic E-state index is 3.65. The zero-order valence-corrected chi connectivity index (χ0v) is 10.6. The lowest BCUT2D eigenvalue weighted by Gasteiger charge is -2.35. The van der Waals surface area contributed by atoms with Crippen molar-refractivity contribution in [2.24, 2.45) is 11.8 Å². The first kappa shape index (κ1) is 11.0. The van der Waals surface area contributed by atoms with Gasteiger partial charge in [-0.3, -0.25) is 4.90 Å². The molecule has 92 valence electrons. The molecule has 1 N–H and O–H groups in total. The second-order valence-corrected chi connectivity index (χ2v) is 6.12. The van der Waals surface area contributed by atoms with Gasteiger partial charge in [-0.25, -0.2) is 0 Å². The van der Waals surface area contributed by atoms with E-state index in [1.807, 2.05) is 0 Å². The van der Waals surface area contributed by atoms with Gasteiger partial charge in [0.25, 0.3) is 0 Å². The molecule has 3 rings (SSSR count). The number of hydrogen-bond acceptors (Lipinski definition) is 2. The maximum absolute atomic E-state index is 3.65. The van der Waals surface area contributed by atoms with E-state index in [0.717, 1.165) is 23.9 Å². The van der Waals surface area contributed by atoms with Crippen LogP contribution in [0.15, 0.2) is 0 Å². The SMILES string of the molecule is CCN(CC1CCCN1)C1CC2CCC1C2. The average molecular weight is 222 g/mol. The zero-order chi connectivity index (χ0) is 11.0. The first-order valence-electron chi connectivity index (χ1n) is 7.34. The van der Waals surface area contributed by atoms with E-state index >= 15 is 0 Å². The topological polar surface area (TPSA) is 15.3 Å². The molecule has 2 bridgehead atoms. The summed E-state index contributed by atoms with van der Waals surface area (Å²) in [6.45, 7) is 6.16. The molecule has 0 aromatic rings. The Morgan fingerprint density at radius 2 is 2.12 bits per heavy atom. The predicted octanol–water partition coefficient (Wildman–Crippen LogP) is 2.25. The van der Waals surface area contributed by atoms with Crippen molar-refractivity contribution in [1.82, 2.24) is 10.2 Å². The van der Waals surface area contributed by atoms with Crippen LogP contribution in [0.25, 0.3) is 0 Å². The molecular weight excluding hydrogens is 196 g/mol. The molecular formula is C14H26N2. The summed E-state index contributed by atoms with van der Waals surface area (Å²) in [5.74, 6) is 2.13. The van der Waals surface area contributed by atoms with Gasteiger partial charge in [-0.1, -0.05) is 13.3 Å². The minimum absolute atomic E-state index is 0.791. The number of nitrogens with zero attached hydrogens (tertiary/aromatic N) is 1. The van der Waals surface area contributed by atoms with E-state index in [1.165, 1.54) is 51.7 Å². The van der Waals surface area contributed by atoms with Crippen LogP contribution in [0.1, 0.15) is 45.4 Å². The van der Waals surface area contributed by atoms with Crippen molar-refractivity contribution in [3.8, 4) is 0 Å². The van der Waals surface area contributed by atoms with Gasteiger partial charge < -0.3 is 5.32 Å². The smallest absolute Gasteiger partial charge is 0.0195 e. The van der Waals surface area contributed by atoms with Crippen molar-refractivity contribution in [2.45, 2.75) is 57.5 Å². The molecule has 4 unspecified atom stereocenters. The third kappa shape index (κ3) is 2.02. The van der Waals surface area contributed by atoms with Crippen LogP contribution in [0.2, 0.25) is 0 Å². The van der Waals surface area contributed by atoms with Crippen molar-refractivity contribution in [3.05, 3.63) is 0 Å². The van der Waals surface area contributed by atoms with Gasteiger partial charge in [0.2, 0.25) is 0 Å². The first-order valence-corrected chi connectivity index (χ1v) is 7.34. The molecule has 3 fully saturated rings. The van der Waals surface area contributed by atoms with E-state index < -0.39 is 0 Å². The first-order chi connectivity index (χ1) is 7.86. The highest BCUT2D eigenvalue weighted by molar-refractivity contribution is 4.96. The maximum Gasteiger partial charge on any atom is 0.0195 e. The Balaban J connectivity index is 1.57. The summed E-state index contributed by atoms with van der Waals surface area (Å²) in [6.07, 6.45) is 8.88. The van der Waals surface area contributed by atoms with Gasteiger partial charge in [0.1, 0.15) is 0 Å². The highest BCUT2D eigenvalue weighted by atomic mass is 15.2. The van der Waals surface area contributed by atoms with Crippen LogP contribution < -0.4 is 5.32 Å². The summed E-state index contributed by atoms with van der Waals surface area (Å²) < 4.78 is 0. The minimum Gasteiger partial charge on any atom is -0.313 e. The molecule has 0 spiro atoms. The fourth-order valence-electron chi connectivity index (χ4n) is 4.35. The van der Waals surface area contributed by atoms with Crippen molar-refractivity contribution in [2.75, 3.05) is 19.6 Å². The second kappa shape index (κ2) is 4.66.